The number of methoxy groups -OCH3 is 1. The predicted octanol–water partition coefficient (Wildman–Crippen LogP) is 2.37. The number of benzene rings is 1. The third kappa shape index (κ3) is 5.60. The molecule has 148 valence electrons. The second-order valence-electron chi connectivity index (χ2n) is 7.41. The third-order valence-electron chi connectivity index (χ3n) is 4.19. The topological polar surface area (TPSA) is 96.4 Å². The number of carbonyl (C=O) groups excluding carboxylic acids is 2. The van der Waals surface area contributed by atoms with Gasteiger partial charge in [0, 0.05) is 25.3 Å². The molecule has 1 atom stereocenters. The van der Waals surface area contributed by atoms with Crippen LogP contribution in [-0.4, -0.2) is 66.4 Å². The van der Waals surface area contributed by atoms with Gasteiger partial charge in [0.05, 0.1) is 25.1 Å². The largest absolute Gasteiger partial charge is 0.478 e. The minimum Gasteiger partial charge on any atom is -0.478 e. The van der Waals surface area contributed by atoms with Gasteiger partial charge in [0.1, 0.15) is 5.60 Å². The molecule has 8 nitrogen and oxygen atoms in total. The first-order valence-corrected chi connectivity index (χ1v) is 8.75. The zero-order valence-electron chi connectivity index (χ0n) is 16.1. The predicted molar refractivity (Wildman–Crippen MR) is 99.0 cm³/mol. The van der Waals surface area contributed by atoms with Gasteiger partial charge in [-0.3, -0.25) is 4.79 Å². The molecule has 1 aliphatic heterocycles. The Kier molecular flexibility index (Phi) is 6.30. The molecule has 27 heavy (non-hydrogen) atoms. The Bertz CT molecular complexity index is 712. The number of carbonyl (C=O) groups is 3. The molecular formula is C19H26N2O6. The molecule has 1 aromatic rings. The average Bonchev–Trinajstić information content (AvgIpc) is 2.60. The van der Waals surface area contributed by atoms with Gasteiger partial charge in [0.15, 0.2) is 0 Å². The number of nitrogens with zero attached hydrogens (tertiary/aromatic N) is 2. The van der Waals surface area contributed by atoms with Crippen LogP contribution in [0.1, 0.15) is 37.6 Å². The second-order valence-corrected chi connectivity index (χ2v) is 7.41. The smallest absolute Gasteiger partial charge is 0.410 e. The van der Waals surface area contributed by atoms with Crippen molar-refractivity contribution in [2.75, 3.05) is 31.6 Å². The maximum Gasteiger partial charge on any atom is 0.410 e. The third-order valence-corrected chi connectivity index (χ3v) is 4.19. The Hall–Kier alpha value is -2.77. The standard InChI is InChI=1S/C19H26N2O6/c1-19(2,3)27-18(25)20-8-9-21(15(12-20)11-16(22)26-4)14-7-5-6-13(10-14)17(23)24/h5-7,10,15H,8-9,11-12H2,1-4H3,(H,23,24)/t15-/m0/s1. The molecule has 2 rings (SSSR count). The van der Waals surface area contributed by atoms with Gasteiger partial charge in [0.25, 0.3) is 0 Å². The lowest BCUT2D eigenvalue weighted by atomic mass is 10.1. The van der Waals surface area contributed by atoms with Gasteiger partial charge in [-0.2, -0.15) is 0 Å². The molecule has 1 aromatic carbocycles. The quantitative estimate of drug-likeness (QED) is 0.804. The van der Waals surface area contributed by atoms with Crippen LogP contribution in [-0.2, 0) is 14.3 Å². The van der Waals surface area contributed by atoms with Crippen LogP contribution in [0.3, 0.4) is 0 Å². The fraction of sp³-hybridized carbons (Fsp3) is 0.526. The summed E-state index contributed by atoms with van der Waals surface area (Å²) >= 11 is 0. The van der Waals surface area contributed by atoms with Crippen molar-refractivity contribution in [2.24, 2.45) is 0 Å². The van der Waals surface area contributed by atoms with Crippen molar-refractivity contribution >= 4 is 23.7 Å². The van der Waals surface area contributed by atoms with E-state index in [2.05, 4.69) is 0 Å². The molecule has 0 aliphatic carbocycles. The van der Waals surface area contributed by atoms with Crippen molar-refractivity contribution in [1.82, 2.24) is 4.90 Å². The van der Waals surface area contributed by atoms with Gasteiger partial charge in [-0.15, -0.1) is 0 Å². The molecule has 0 radical (unpaired) electrons. The van der Waals surface area contributed by atoms with Crippen LogP contribution in [0.2, 0.25) is 0 Å². The summed E-state index contributed by atoms with van der Waals surface area (Å²) < 4.78 is 10.2. The first-order chi connectivity index (χ1) is 12.6. The van der Waals surface area contributed by atoms with Gasteiger partial charge in [-0.05, 0) is 39.0 Å². The number of carboxylic acid groups (broad SMARTS) is 1. The summed E-state index contributed by atoms with van der Waals surface area (Å²) in [6.07, 6.45) is -0.357. The van der Waals surface area contributed by atoms with E-state index in [1.165, 1.54) is 13.2 Å². The molecule has 1 amide bonds. The SMILES string of the molecule is COC(=O)C[C@H]1CN(C(=O)OC(C)(C)C)CCN1c1cccc(C(=O)O)c1. The van der Waals surface area contributed by atoms with E-state index < -0.39 is 23.6 Å². The van der Waals surface area contributed by atoms with E-state index in [-0.39, 0.29) is 24.6 Å². The monoisotopic (exact) mass is 378 g/mol. The lowest BCUT2D eigenvalue weighted by Crippen LogP contribution is -2.56. The lowest BCUT2D eigenvalue weighted by molar-refractivity contribution is -0.141. The fourth-order valence-corrected chi connectivity index (χ4v) is 2.96. The number of rotatable bonds is 4. The van der Waals surface area contributed by atoms with Gasteiger partial charge in [-0.1, -0.05) is 6.07 Å². The van der Waals surface area contributed by atoms with Crippen LogP contribution in [0.15, 0.2) is 24.3 Å². The highest BCUT2D eigenvalue weighted by Crippen LogP contribution is 2.25. The van der Waals surface area contributed by atoms with Crippen molar-refractivity contribution in [1.29, 1.82) is 0 Å². The van der Waals surface area contributed by atoms with Gasteiger partial charge in [0.2, 0.25) is 0 Å². The van der Waals surface area contributed by atoms with E-state index >= 15 is 0 Å². The van der Waals surface area contributed by atoms with Crippen molar-refractivity contribution in [3.05, 3.63) is 29.8 Å². The number of hydrogen-bond donors (Lipinski definition) is 1. The van der Waals surface area contributed by atoms with Gasteiger partial charge < -0.3 is 24.4 Å². The Morgan fingerprint density at radius 2 is 1.93 bits per heavy atom. The summed E-state index contributed by atoms with van der Waals surface area (Å²) in [5.74, 6) is -1.42. The second kappa shape index (κ2) is 8.28. The molecule has 1 fully saturated rings. The summed E-state index contributed by atoms with van der Waals surface area (Å²) in [4.78, 5) is 39.0. The highest BCUT2D eigenvalue weighted by molar-refractivity contribution is 5.89. The van der Waals surface area contributed by atoms with Crippen LogP contribution >= 0.6 is 0 Å². The number of hydrogen-bond acceptors (Lipinski definition) is 6. The molecule has 0 unspecified atom stereocenters. The number of anilines is 1. The minimum atomic E-state index is -1.02. The van der Waals surface area contributed by atoms with E-state index in [0.717, 1.165) is 0 Å². The molecule has 1 N–H and O–H groups in total. The molecular weight excluding hydrogens is 352 g/mol. The zero-order chi connectivity index (χ0) is 20.2. The molecule has 0 aromatic heterocycles. The molecule has 8 heteroatoms. The van der Waals surface area contributed by atoms with E-state index in [0.29, 0.717) is 18.8 Å². The highest BCUT2D eigenvalue weighted by atomic mass is 16.6. The average molecular weight is 378 g/mol. The van der Waals surface area contributed by atoms with Crippen LogP contribution in [0, 0.1) is 0 Å². The Morgan fingerprint density at radius 1 is 1.22 bits per heavy atom. The normalized spacial score (nSPS) is 17.4. The Balaban J connectivity index is 2.22. The number of piperazine rings is 1. The maximum atomic E-state index is 12.4. The maximum absolute atomic E-state index is 12.4. The van der Waals surface area contributed by atoms with Gasteiger partial charge >= 0.3 is 18.0 Å². The molecule has 0 saturated carbocycles. The highest BCUT2D eigenvalue weighted by Gasteiger charge is 2.33. The molecule has 0 bridgehead atoms. The summed E-state index contributed by atoms with van der Waals surface area (Å²) in [5.41, 5.74) is 0.244. The van der Waals surface area contributed by atoms with E-state index in [1.807, 2.05) is 4.90 Å². The first-order valence-electron chi connectivity index (χ1n) is 8.75. The fourth-order valence-electron chi connectivity index (χ4n) is 2.96. The number of aromatic carboxylic acids is 1. The summed E-state index contributed by atoms with van der Waals surface area (Å²) in [7, 11) is 1.31. The number of ether oxygens (including phenoxy) is 2. The van der Waals surface area contributed by atoms with Crippen molar-refractivity contribution in [3.8, 4) is 0 Å². The zero-order valence-corrected chi connectivity index (χ0v) is 16.1. The number of carboxylic acids is 1. The van der Waals surface area contributed by atoms with Crippen LogP contribution in [0.25, 0.3) is 0 Å². The summed E-state index contributed by atoms with van der Waals surface area (Å²) in [5, 5.41) is 9.22. The summed E-state index contributed by atoms with van der Waals surface area (Å²) in [6, 6.07) is 6.19. The Labute approximate surface area is 158 Å². The molecule has 1 saturated heterocycles. The molecule has 1 aliphatic rings. The van der Waals surface area contributed by atoms with Crippen LogP contribution in [0.4, 0.5) is 10.5 Å². The van der Waals surface area contributed by atoms with Crippen molar-refractivity contribution < 1.29 is 29.0 Å². The van der Waals surface area contributed by atoms with Crippen LogP contribution < -0.4 is 4.90 Å². The van der Waals surface area contributed by atoms with E-state index in [9.17, 15) is 19.5 Å². The molecule has 0 spiro atoms. The van der Waals surface area contributed by atoms with Crippen molar-refractivity contribution in [3.63, 3.8) is 0 Å². The first kappa shape index (κ1) is 20.5. The summed E-state index contributed by atoms with van der Waals surface area (Å²) in [6.45, 7) is 6.52. The minimum absolute atomic E-state index is 0.0765. The van der Waals surface area contributed by atoms with Crippen molar-refractivity contribution in [2.45, 2.75) is 38.8 Å². The van der Waals surface area contributed by atoms with E-state index in [4.69, 9.17) is 9.47 Å². The van der Waals surface area contributed by atoms with Gasteiger partial charge in [-0.25, -0.2) is 9.59 Å². The Morgan fingerprint density at radius 3 is 2.52 bits per heavy atom. The van der Waals surface area contributed by atoms with E-state index in [1.54, 1.807) is 43.9 Å². The number of amides is 1. The van der Waals surface area contributed by atoms with Crippen LogP contribution in [0.5, 0.6) is 0 Å². The molecule has 1 heterocycles. The number of esters is 1. The lowest BCUT2D eigenvalue weighted by Gasteiger charge is -2.42.